The first-order valence-electron chi connectivity index (χ1n) is 21.4. The van der Waals surface area contributed by atoms with E-state index >= 15 is 0 Å². The molecule has 62 heavy (non-hydrogen) atoms. The van der Waals surface area contributed by atoms with E-state index in [1.165, 1.54) is 21.5 Å². The van der Waals surface area contributed by atoms with E-state index in [4.69, 9.17) is 4.74 Å². The molecule has 3 aromatic carbocycles. The summed E-state index contributed by atoms with van der Waals surface area (Å²) in [4.78, 5) is 36.0. The minimum atomic E-state index is -2.52. The van der Waals surface area contributed by atoms with Gasteiger partial charge in [-0.2, -0.15) is 0 Å². The molecule has 5 nitrogen and oxygen atoms in total. The van der Waals surface area contributed by atoms with Crippen LogP contribution in [0.5, 0.6) is 0 Å². The number of amides is 2. The van der Waals surface area contributed by atoms with E-state index in [-0.39, 0.29) is 23.0 Å². The SMILES string of the molecule is CC=C1COCC1=CC(/C=C/c1cc2c(s1)/C(=C1\C(=O)N(CC(C)C)C3=C1SC(/C=C/C)C3)C(=O)N2CC(C)C)=C([C]#[Os])[P+](c1ccccc1)(c1ccccc1)c1ccccc1. The molecule has 0 spiro atoms. The van der Waals surface area contributed by atoms with Crippen LogP contribution in [0.2, 0.25) is 0 Å². The second-order valence-corrected chi connectivity index (χ2v) is 23.1. The normalized spacial score (nSPS) is 20.9. The van der Waals surface area contributed by atoms with Crippen molar-refractivity contribution in [3.63, 3.8) is 0 Å². The second-order valence-electron chi connectivity index (χ2n) is 16.8. The molecule has 4 aliphatic rings. The van der Waals surface area contributed by atoms with Crippen LogP contribution < -0.4 is 20.8 Å². The molecular formula is C53H53N2O3OsPS2+. The Balaban J connectivity index is 1.35. The molecule has 0 N–H and O–H groups in total. The molecule has 1 fully saturated rings. The number of ether oxygens (including phenoxy) is 1. The maximum atomic E-state index is 14.7. The van der Waals surface area contributed by atoms with Gasteiger partial charge in [0.15, 0.2) is 0 Å². The Morgan fingerprint density at radius 1 is 0.823 bits per heavy atom. The maximum absolute atomic E-state index is 14.7. The van der Waals surface area contributed by atoms with Gasteiger partial charge in [0, 0.05) is 18.2 Å². The third kappa shape index (κ3) is 8.28. The van der Waals surface area contributed by atoms with Crippen molar-refractivity contribution in [3.05, 3.63) is 175 Å². The zero-order valence-corrected chi connectivity index (χ0v) is 41.3. The zero-order chi connectivity index (χ0) is 43.5. The summed E-state index contributed by atoms with van der Waals surface area (Å²) in [6.07, 6.45) is 14.0. The van der Waals surface area contributed by atoms with E-state index < -0.39 is 7.26 Å². The number of thiophene rings is 1. The molecule has 4 aromatic rings. The number of fused-ring (bicyclic) bond motifs is 1. The summed E-state index contributed by atoms with van der Waals surface area (Å²) in [5.74, 6) is 0.418. The molecule has 0 aliphatic carbocycles. The number of hydrogen-bond donors (Lipinski definition) is 0. The van der Waals surface area contributed by atoms with Gasteiger partial charge in [-0.15, -0.1) is 0 Å². The molecule has 9 heteroatoms. The molecule has 1 atom stereocenters. The fourth-order valence-corrected chi connectivity index (χ4v) is 17.3. The molecule has 5 heterocycles. The molecule has 0 radical (unpaired) electrons. The zero-order valence-electron chi connectivity index (χ0n) is 36.2. The molecule has 0 saturated carbocycles. The summed E-state index contributed by atoms with van der Waals surface area (Å²) in [5, 5.41) is 5.13. The van der Waals surface area contributed by atoms with Crippen molar-refractivity contribution >= 4 is 75.4 Å². The summed E-state index contributed by atoms with van der Waals surface area (Å²) in [7, 11) is -2.52. The number of rotatable bonds is 12. The molecule has 4 aliphatic heterocycles. The van der Waals surface area contributed by atoms with Gasteiger partial charge in [0.1, 0.15) is 0 Å². The Labute approximate surface area is 386 Å². The third-order valence-electron chi connectivity index (χ3n) is 11.6. The van der Waals surface area contributed by atoms with Gasteiger partial charge in [-0.1, -0.05) is 26.0 Å². The molecule has 8 rings (SSSR count). The first-order chi connectivity index (χ1) is 30.1. The number of nitrogens with zero attached hydrogens (tertiary/aromatic N) is 2. The average molecular weight is 1050 g/mol. The first kappa shape index (κ1) is 44.3. The Morgan fingerprint density at radius 3 is 1.94 bits per heavy atom. The van der Waals surface area contributed by atoms with E-state index in [0.717, 1.165) is 48.9 Å². The van der Waals surface area contributed by atoms with Crippen LogP contribution >= 0.6 is 30.4 Å². The van der Waals surface area contributed by atoms with E-state index in [0.29, 0.717) is 43.4 Å². The van der Waals surface area contributed by atoms with Crippen molar-refractivity contribution in [3.8, 4) is 4.37 Å². The molecule has 0 bridgehead atoms. The van der Waals surface area contributed by atoms with Crippen LogP contribution in [0.1, 0.15) is 57.7 Å². The van der Waals surface area contributed by atoms with Gasteiger partial charge >= 0.3 is 332 Å². The van der Waals surface area contributed by atoms with Crippen molar-refractivity contribution in [1.29, 1.82) is 0 Å². The first-order valence-corrected chi connectivity index (χ1v) is 26.2. The summed E-state index contributed by atoms with van der Waals surface area (Å²) in [6.45, 7) is 15.0. The van der Waals surface area contributed by atoms with Gasteiger partial charge in [-0.3, -0.25) is 0 Å². The molecule has 1 aromatic heterocycles. The predicted molar refractivity (Wildman–Crippen MR) is 261 cm³/mol. The third-order valence-corrected chi connectivity index (χ3v) is 19.4. The summed E-state index contributed by atoms with van der Waals surface area (Å²) in [5.41, 5.74) is 6.50. The van der Waals surface area contributed by atoms with Crippen LogP contribution in [0.3, 0.4) is 0 Å². The number of thioether (sulfide) groups is 1. The van der Waals surface area contributed by atoms with Crippen LogP contribution in [-0.2, 0) is 32.3 Å². The van der Waals surface area contributed by atoms with Crippen LogP contribution in [0.15, 0.2) is 166 Å². The quantitative estimate of drug-likeness (QED) is 0.0614. The van der Waals surface area contributed by atoms with E-state index in [1.54, 1.807) is 41.0 Å². The van der Waals surface area contributed by atoms with Gasteiger partial charge in [0.25, 0.3) is 0 Å². The van der Waals surface area contributed by atoms with Crippen LogP contribution in [-0.4, -0.2) is 48.3 Å². The summed E-state index contributed by atoms with van der Waals surface area (Å²) in [6, 6.07) is 34.9. The summed E-state index contributed by atoms with van der Waals surface area (Å²) < 4.78 is 9.89. The number of carbonyl (C=O) groups is 2. The second kappa shape index (κ2) is 19.2. The fourth-order valence-electron chi connectivity index (χ4n) is 8.91. The molecular weight excluding hydrogens is 998 g/mol. The van der Waals surface area contributed by atoms with Crippen molar-refractivity contribution in [2.75, 3.05) is 31.2 Å². The van der Waals surface area contributed by atoms with Crippen molar-refractivity contribution in [2.24, 2.45) is 11.8 Å². The van der Waals surface area contributed by atoms with Gasteiger partial charge in [0.05, 0.1) is 0 Å². The van der Waals surface area contributed by atoms with Gasteiger partial charge in [0.2, 0.25) is 0 Å². The molecule has 2 amide bonds. The van der Waals surface area contributed by atoms with E-state index in [2.05, 4.69) is 173 Å². The van der Waals surface area contributed by atoms with Gasteiger partial charge < -0.3 is 0 Å². The number of allylic oxidation sites excluding steroid dienone is 7. The number of anilines is 1. The molecule has 1 unspecified atom stereocenters. The van der Waals surface area contributed by atoms with Crippen LogP contribution in [0, 0.1) is 16.2 Å². The average Bonchev–Trinajstić information content (AvgIpc) is 4.10. The van der Waals surface area contributed by atoms with Crippen molar-refractivity contribution < 1.29 is 32.3 Å². The Bertz CT molecular complexity index is 2550. The van der Waals surface area contributed by atoms with Gasteiger partial charge in [-0.25, -0.2) is 0 Å². The summed E-state index contributed by atoms with van der Waals surface area (Å²) >= 11 is 5.12. The monoisotopic (exact) mass is 1050 g/mol. The Morgan fingerprint density at radius 2 is 1.39 bits per heavy atom. The van der Waals surface area contributed by atoms with Crippen molar-refractivity contribution in [2.45, 2.75) is 53.2 Å². The number of benzene rings is 3. The van der Waals surface area contributed by atoms with Crippen molar-refractivity contribution in [1.82, 2.24) is 4.90 Å². The molecule has 1 saturated heterocycles. The van der Waals surface area contributed by atoms with E-state index in [9.17, 15) is 9.59 Å². The number of carbonyl (C=O) groups excluding carboxylic acids is 2. The van der Waals surface area contributed by atoms with Gasteiger partial charge in [-0.05, 0) is 12.8 Å². The van der Waals surface area contributed by atoms with Crippen LogP contribution in [0.25, 0.3) is 11.6 Å². The molecule has 317 valence electrons. The standard InChI is InChI=1S/C53H53N2O3PS2.Os/c1-8-19-44-29-46-50(60-44)48(52(56)54(46)31-35(3)4)49-51-47(55(53(49)57)32-36(5)6)30-45(61-51)27-26-39(28-40-34-58-33-38(40)9-2)37(7)59(41-20-13-10-14-21-41,42-22-15-11-16-23-42)43-24-17-12-18-25-43;/h8-28,30,35-36,44H,29,31-34H2,1-6H3;/q+1;/b19-8+,27-26+,38-9?,39-37?,40-28?,49-48+;. The Hall–Kier alpha value is -4.36. The minimum absolute atomic E-state index is 0.0423. The fraction of sp³-hybridized carbons (Fsp3) is 0.264. The Kier molecular flexibility index (Phi) is 13.7. The number of hydrogen-bond acceptors (Lipinski definition) is 5. The van der Waals surface area contributed by atoms with E-state index in [1.807, 2.05) is 16.7 Å². The predicted octanol–water partition coefficient (Wildman–Crippen LogP) is 11.0. The van der Waals surface area contributed by atoms with Crippen LogP contribution in [0.4, 0.5) is 5.69 Å². The topological polar surface area (TPSA) is 49.9 Å².